The zero-order valence-corrected chi connectivity index (χ0v) is 13.6. The van der Waals surface area contributed by atoms with Gasteiger partial charge in [-0.2, -0.15) is 0 Å². The summed E-state index contributed by atoms with van der Waals surface area (Å²) in [6.45, 7) is 0.879. The Kier molecular flexibility index (Phi) is 5.55. The number of carbonyl (C=O) groups excluding carboxylic acids is 3. The number of hydrogen-bond donors (Lipinski definition) is 2. The molecule has 0 atom stereocenters. The van der Waals surface area contributed by atoms with Crippen LogP contribution in [0.15, 0.2) is 42.5 Å². The molecule has 2 rings (SSSR count). The number of amides is 1. The molecule has 0 saturated heterocycles. The van der Waals surface area contributed by atoms with Crippen molar-refractivity contribution in [2.45, 2.75) is 6.92 Å². The summed E-state index contributed by atoms with van der Waals surface area (Å²) in [5.41, 5.74) is 6.69. The lowest BCUT2D eigenvalue weighted by atomic mass is 10.1. The number of halogens is 1. The lowest BCUT2D eigenvalue weighted by molar-refractivity contribution is -0.119. The zero-order chi connectivity index (χ0) is 17.7. The number of carbonyl (C=O) groups is 3. The molecular weight excluding hydrogens is 332 g/mol. The van der Waals surface area contributed by atoms with E-state index in [1.165, 1.54) is 19.1 Å². The molecular formula is C17H15ClN2O4. The van der Waals surface area contributed by atoms with Crippen molar-refractivity contribution in [2.24, 2.45) is 0 Å². The van der Waals surface area contributed by atoms with E-state index in [-0.39, 0.29) is 17.0 Å². The Morgan fingerprint density at radius 1 is 1.12 bits per heavy atom. The van der Waals surface area contributed by atoms with Crippen molar-refractivity contribution >= 4 is 40.6 Å². The highest BCUT2D eigenvalue weighted by Crippen LogP contribution is 2.19. The third kappa shape index (κ3) is 4.33. The van der Waals surface area contributed by atoms with Crippen molar-refractivity contribution < 1.29 is 19.1 Å². The summed E-state index contributed by atoms with van der Waals surface area (Å²) in [5.74, 6) is -1.52. The molecule has 0 aliphatic heterocycles. The minimum absolute atomic E-state index is 0.0828. The number of para-hydroxylation sites is 1. The van der Waals surface area contributed by atoms with Crippen LogP contribution in [0.4, 0.5) is 11.4 Å². The third-order valence-corrected chi connectivity index (χ3v) is 3.39. The Morgan fingerprint density at radius 3 is 2.54 bits per heavy atom. The monoisotopic (exact) mass is 346 g/mol. The maximum Gasteiger partial charge on any atom is 0.340 e. The highest BCUT2D eigenvalue weighted by molar-refractivity contribution is 6.31. The molecule has 0 spiro atoms. The van der Waals surface area contributed by atoms with Crippen molar-refractivity contribution in [1.29, 1.82) is 0 Å². The fourth-order valence-electron chi connectivity index (χ4n) is 2.00. The number of anilines is 2. The minimum Gasteiger partial charge on any atom is -0.452 e. The van der Waals surface area contributed by atoms with Gasteiger partial charge >= 0.3 is 5.97 Å². The Bertz CT molecular complexity index is 805. The average Bonchev–Trinajstić information content (AvgIpc) is 2.55. The Balaban J connectivity index is 2.00. The minimum atomic E-state index is -0.759. The zero-order valence-electron chi connectivity index (χ0n) is 12.8. The molecule has 6 nitrogen and oxygen atoms in total. The third-order valence-electron chi connectivity index (χ3n) is 3.15. The van der Waals surface area contributed by atoms with Crippen LogP contribution >= 0.6 is 11.6 Å². The fourth-order valence-corrected chi connectivity index (χ4v) is 2.17. The van der Waals surface area contributed by atoms with Gasteiger partial charge < -0.3 is 15.8 Å². The van der Waals surface area contributed by atoms with Crippen LogP contribution in [0.25, 0.3) is 0 Å². The van der Waals surface area contributed by atoms with Crippen LogP contribution in [0.2, 0.25) is 5.02 Å². The van der Waals surface area contributed by atoms with E-state index in [2.05, 4.69) is 5.32 Å². The molecule has 7 heteroatoms. The summed E-state index contributed by atoms with van der Waals surface area (Å²) < 4.78 is 4.92. The summed E-state index contributed by atoms with van der Waals surface area (Å²) in [4.78, 5) is 35.4. The summed E-state index contributed by atoms with van der Waals surface area (Å²) in [6.07, 6.45) is 0. The van der Waals surface area contributed by atoms with Crippen LogP contribution in [-0.4, -0.2) is 24.3 Å². The van der Waals surface area contributed by atoms with Crippen LogP contribution in [0.3, 0.4) is 0 Å². The van der Waals surface area contributed by atoms with Gasteiger partial charge in [0.25, 0.3) is 5.91 Å². The van der Waals surface area contributed by atoms with Gasteiger partial charge in [-0.25, -0.2) is 4.79 Å². The van der Waals surface area contributed by atoms with Crippen molar-refractivity contribution in [3.05, 3.63) is 58.6 Å². The SMILES string of the molecule is CC(=O)c1ccccc1NC(=O)COC(=O)c1cc(Cl)ccc1N. The molecule has 0 heterocycles. The lowest BCUT2D eigenvalue weighted by Gasteiger charge is -2.10. The normalized spacial score (nSPS) is 10.1. The van der Waals surface area contributed by atoms with E-state index in [1.54, 1.807) is 30.3 Å². The van der Waals surface area contributed by atoms with Crippen LogP contribution in [0.1, 0.15) is 27.6 Å². The smallest absolute Gasteiger partial charge is 0.340 e. The van der Waals surface area contributed by atoms with Gasteiger partial charge in [0, 0.05) is 16.3 Å². The quantitative estimate of drug-likeness (QED) is 0.492. The number of hydrogen-bond acceptors (Lipinski definition) is 5. The molecule has 0 unspecified atom stereocenters. The van der Waals surface area contributed by atoms with Gasteiger partial charge in [0.15, 0.2) is 12.4 Å². The van der Waals surface area contributed by atoms with Gasteiger partial charge in [-0.3, -0.25) is 9.59 Å². The number of benzene rings is 2. The summed E-state index contributed by atoms with van der Waals surface area (Å²) in [5, 5.41) is 2.86. The predicted molar refractivity (Wildman–Crippen MR) is 91.2 cm³/mol. The van der Waals surface area contributed by atoms with E-state index in [4.69, 9.17) is 22.1 Å². The van der Waals surface area contributed by atoms with Gasteiger partial charge in [0.05, 0.1) is 11.3 Å². The fraction of sp³-hybridized carbons (Fsp3) is 0.118. The van der Waals surface area contributed by atoms with Crippen molar-refractivity contribution in [1.82, 2.24) is 0 Å². The number of esters is 1. The van der Waals surface area contributed by atoms with Gasteiger partial charge in [-0.05, 0) is 37.3 Å². The second-order valence-corrected chi connectivity index (χ2v) is 5.39. The number of nitrogen functional groups attached to an aromatic ring is 1. The molecule has 124 valence electrons. The van der Waals surface area contributed by atoms with E-state index < -0.39 is 18.5 Å². The van der Waals surface area contributed by atoms with Crippen molar-refractivity contribution in [2.75, 3.05) is 17.7 Å². The summed E-state index contributed by atoms with van der Waals surface area (Å²) in [7, 11) is 0. The molecule has 2 aromatic rings. The maximum atomic E-state index is 12.0. The van der Waals surface area contributed by atoms with Gasteiger partial charge in [0.1, 0.15) is 0 Å². The number of rotatable bonds is 5. The molecule has 0 aliphatic rings. The first-order valence-electron chi connectivity index (χ1n) is 7.00. The van der Waals surface area contributed by atoms with Gasteiger partial charge in [0.2, 0.25) is 0 Å². The molecule has 24 heavy (non-hydrogen) atoms. The number of ketones is 1. The molecule has 0 saturated carbocycles. The van der Waals surface area contributed by atoms with Crippen LogP contribution < -0.4 is 11.1 Å². The second kappa shape index (κ2) is 7.61. The molecule has 0 aromatic heterocycles. The predicted octanol–water partition coefficient (Wildman–Crippen LogP) is 2.92. The number of nitrogens with one attached hydrogen (secondary N) is 1. The highest BCUT2D eigenvalue weighted by Gasteiger charge is 2.15. The van der Waals surface area contributed by atoms with Crippen LogP contribution in [-0.2, 0) is 9.53 Å². The number of Topliss-reactive ketones (excluding diaryl/α,β-unsaturated/α-hetero) is 1. The van der Waals surface area contributed by atoms with Crippen molar-refractivity contribution in [3.8, 4) is 0 Å². The molecule has 0 radical (unpaired) electrons. The van der Waals surface area contributed by atoms with Crippen molar-refractivity contribution in [3.63, 3.8) is 0 Å². The first-order valence-corrected chi connectivity index (χ1v) is 7.38. The molecule has 2 aromatic carbocycles. The second-order valence-electron chi connectivity index (χ2n) is 4.96. The molecule has 0 fully saturated rings. The molecule has 0 bridgehead atoms. The standard InChI is InChI=1S/C17H15ClN2O4/c1-10(21)12-4-2-3-5-15(12)20-16(22)9-24-17(23)13-8-11(18)6-7-14(13)19/h2-8H,9,19H2,1H3,(H,20,22). The van der Waals surface area contributed by atoms with E-state index >= 15 is 0 Å². The average molecular weight is 347 g/mol. The first-order chi connectivity index (χ1) is 11.4. The first kappa shape index (κ1) is 17.5. The lowest BCUT2D eigenvalue weighted by Crippen LogP contribution is -2.22. The molecule has 0 aliphatic carbocycles. The van der Waals surface area contributed by atoms with Gasteiger partial charge in [-0.1, -0.05) is 23.7 Å². The summed E-state index contributed by atoms with van der Waals surface area (Å²) >= 11 is 5.80. The topological polar surface area (TPSA) is 98.5 Å². The number of nitrogens with two attached hydrogens (primary N) is 1. The van der Waals surface area contributed by atoms with E-state index in [0.717, 1.165) is 0 Å². The Labute approximate surface area is 143 Å². The molecule has 3 N–H and O–H groups in total. The molecule has 1 amide bonds. The Hall–Kier alpha value is -2.86. The highest BCUT2D eigenvalue weighted by atomic mass is 35.5. The largest absolute Gasteiger partial charge is 0.452 e. The Morgan fingerprint density at radius 2 is 1.83 bits per heavy atom. The van der Waals surface area contributed by atoms with E-state index in [1.807, 2.05) is 0 Å². The summed E-state index contributed by atoms with van der Waals surface area (Å²) in [6, 6.07) is 10.9. The maximum absolute atomic E-state index is 12.0. The van der Waals surface area contributed by atoms with Crippen LogP contribution in [0, 0.1) is 0 Å². The van der Waals surface area contributed by atoms with Gasteiger partial charge in [-0.15, -0.1) is 0 Å². The van der Waals surface area contributed by atoms with Crippen LogP contribution in [0.5, 0.6) is 0 Å². The van der Waals surface area contributed by atoms with E-state index in [0.29, 0.717) is 16.3 Å². The number of ether oxygens (including phenoxy) is 1. The van der Waals surface area contributed by atoms with E-state index in [9.17, 15) is 14.4 Å².